The summed E-state index contributed by atoms with van der Waals surface area (Å²) in [7, 11) is 0. The van der Waals surface area contributed by atoms with E-state index >= 15 is 0 Å². The average molecular weight is 266 g/mol. The molecule has 4 atom stereocenters. The van der Waals surface area contributed by atoms with Crippen LogP contribution in [0.4, 0.5) is 0 Å². The van der Waals surface area contributed by atoms with Crippen LogP contribution in [-0.4, -0.2) is 48.7 Å². The molecule has 2 saturated heterocycles. The van der Waals surface area contributed by atoms with E-state index in [4.69, 9.17) is 4.74 Å². The SMILES string of the molecule is CC1CCNC(C(=O)N2CCOC3CCCCC32)C1. The van der Waals surface area contributed by atoms with E-state index in [-0.39, 0.29) is 6.04 Å². The number of carbonyl (C=O) groups excluding carboxylic acids is 1. The van der Waals surface area contributed by atoms with Gasteiger partial charge in [0.05, 0.1) is 24.8 Å². The van der Waals surface area contributed by atoms with Crippen molar-refractivity contribution in [3.8, 4) is 0 Å². The summed E-state index contributed by atoms with van der Waals surface area (Å²) in [5.74, 6) is 0.991. The zero-order chi connectivity index (χ0) is 13.2. The second kappa shape index (κ2) is 5.80. The Kier molecular flexibility index (Phi) is 4.08. The van der Waals surface area contributed by atoms with Gasteiger partial charge in [-0.2, -0.15) is 0 Å². The zero-order valence-electron chi connectivity index (χ0n) is 11.9. The number of hydrogen-bond donors (Lipinski definition) is 1. The van der Waals surface area contributed by atoms with Crippen LogP contribution >= 0.6 is 0 Å². The first-order chi connectivity index (χ1) is 9.25. The number of piperidine rings is 1. The fraction of sp³-hybridized carbons (Fsp3) is 0.933. The van der Waals surface area contributed by atoms with Crippen molar-refractivity contribution in [3.05, 3.63) is 0 Å². The van der Waals surface area contributed by atoms with Gasteiger partial charge in [-0.1, -0.05) is 19.8 Å². The van der Waals surface area contributed by atoms with Crippen LogP contribution in [0.5, 0.6) is 0 Å². The highest BCUT2D eigenvalue weighted by atomic mass is 16.5. The Morgan fingerprint density at radius 3 is 2.95 bits per heavy atom. The summed E-state index contributed by atoms with van der Waals surface area (Å²) in [5, 5.41) is 3.41. The molecule has 0 bridgehead atoms. The summed E-state index contributed by atoms with van der Waals surface area (Å²) < 4.78 is 5.86. The molecular weight excluding hydrogens is 240 g/mol. The van der Waals surface area contributed by atoms with Crippen molar-refractivity contribution < 1.29 is 9.53 Å². The summed E-state index contributed by atoms with van der Waals surface area (Å²) in [5.41, 5.74) is 0. The largest absolute Gasteiger partial charge is 0.374 e. The van der Waals surface area contributed by atoms with Crippen molar-refractivity contribution in [1.82, 2.24) is 10.2 Å². The summed E-state index contributed by atoms with van der Waals surface area (Å²) in [4.78, 5) is 14.9. The molecule has 1 N–H and O–H groups in total. The molecule has 2 heterocycles. The lowest BCUT2D eigenvalue weighted by Gasteiger charge is -2.45. The molecule has 2 aliphatic heterocycles. The van der Waals surface area contributed by atoms with E-state index < -0.39 is 0 Å². The molecule has 4 heteroatoms. The van der Waals surface area contributed by atoms with Gasteiger partial charge >= 0.3 is 0 Å². The van der Waals surface area contributed by atoms with Gasteiger partial charge in [-0.05, 0) is 38.1 Å². The quantitative estimate of drug-likeness (QED) is 0.783. The molecule has 1 saturated carbocycles. The van der Waals surface area contributed by atoms with Crippen LogP contribution in [0.2, 0.25) is 0 Å². The minimum absolute atomic E-state index is 0.0458. The normalized spacial score (nSPS) is 39.7. The Hall–Kier alpha value is -0.610. The van der Waals surface area contributed by atoms with E-state index in [1.54, 1.807) is 0 Å². The van der Waals surface area contributed by atoms with Gasteiger partial charge in [0.25, 0.3) is 0 Å². The van der Waals surface area contributed by atoms with Crippen molar-refractivity contribution in [3.63, 3.8) is 0 Å². The minimum Gasteiger partial charge on any atom is -0.374 e. The number of ether oxygens (including phenoxy) is 1. The predicted molar refractivity (Wildman–Crippen MR) is 73.9 cm³/mol. The average Bonchev–Trinajstić information content (AvgIpc) is 2.46. The molecule has 108 valence electrons. The smallest absolute Gasteiger partial charge is 0.240 e. The zero-order valence-corrected chi connectivity index (χ0v) is 11.9. The number of fused-ring (bicyclic) bond motifs is 1. The van der Waals surface area contributed by atoms with Gasteiger partial charge in [0.1, 0.15) is 0 Å². The maximum absolute atomic E-state index is 12.8. The van der Waals surface area contributed by atoms with E-state index in [0.717, 1.165) is 39.0 Å². The highest BCUT2D eigenvalue weighted by Crippen LogP contribution is 2.29. The summed E-state index contributed by atoms with van der Waals surface area (Å²) in [6, 6.07) is 0.387. The summed E-state index contributed by atoms with van der Waals surface area (Å²) >= 11 is 0. The third-order valence-electron chi connectivity index (χ3n) is 4.98. The first-order valence-corrected chi connectivity index (χ1v) is 7.91. The number of carbonyl (C=O) groups is 1. The second-order valence-electron chi connectivity index (χ2n) is 6.43. The van der Waals surface area contributed by atoms with Crippen LogP contribution in [0.15, 0.2) is 0 Å². The number of morpholine rings is 1. The molecule has 19 heavy (non-hydrogen) atoms. The number of nitrogens with zero attached hydrogens (tertiary/aromatic N) is 1. The van der Waals surface area contributed by atoms with E-state index in [1.807, 2.05) is 0 Å². The van der Waals surface area contributed by atoms with Crippen LogP contribution < -0.4 is 5.32 Å². The van der Waals surface area contributed by atoms with Crippen molar-refractivity contribution in [1.29, 1.82) is 0 Å². The van der Waals surface area contributed by atoms with Crippen LogP contribution in [0.25, 0.3) is 0 Å². The molecule has 4 unspecified atom stereocenters. The number of rotatable bonds is 1. The molecule has 0 aromatic rings. The molecule has 3 rings (SSSR count). The third-order valence-corrected chi connectivity index (χ3v) is 4.98. The maximum atomic E-state index is 12.8. The molecular formula is C15H26N2O2. The Morgan fingerprint density at radius 1 is 1.26 bits per heavy atom. The molecule has 3 aliphatic rings. The van der Waals surface area contributed by atoms with Gasteiger partial charge in [0.2, 0.25) is 5.91 Å². The molecule has 1 amide bonds. The van der Waals surface area contributed by atoms with Crippen LogP contribution in [0.3, 0.4) is 0 Å². The van der Waals surface area contributed by atoms with E-state index in [9.17, 15) is 4.79 Å². The summed E-state index contributed by atoms with van der Waals surface area (Å²) in [6.07, 6.45) is 7.23. The van der Waals surface area contributed by atoms with Crippen molar-refractivity contribution in [2.75, 3.05) is 19.7 Å². The van der Waals surface area contributed by atoms with Crippen molar-refractivity contribution in [2.45, 2.75) is 63.6 Å². The predicted octanol–water partition coefficient (Wildman–Crippen LogP) is 1.54. The van der Waals surface area contributed by atoms with Gasteiger partial charge in [-0.3, -0.25) is 4.79 Å². The van der Waals surface area contributed by atoms with Crippen molar-refractivity contribution >= 4 is 5.91 Å². The number of nitrogens with one attached hydrogen (secondary N) is 1. The third kappa shape index (κ3) is 2.79. The van der Waals surface area contributed by atoms with Gasteiger partial charge in [0, 0.05) is 6.54 Å². The first kappa shape index (κ1) is 13.4. The van der Waals surface area contributed by atoms with Gasteiger partial charge in [0.15, 0.2) is 0 Å². The van der Waals surface area contributed by atoms with Gasteiger partial charge in [-0.15, -0.1) is 0 Å². The highest BCUT2D eigenvalue weighted by Gasteiger charge is 2.39. The monoisotopic (exact) mass is 266 g/mol. The molecule has 3 fully saturated rings. The minimum atomic E-state index is 0.0458. The number of hydrogen-bond acceptors (Lipinski definition) is 3. The topological polar surface area (TPSA) is 41.6 Å². The first-order valence-electron chi connectivity index (χ1n) is 7.91. The lowest BCUT2D eigenvalue weighted by Crippen LogP contribution is -2.60. The Morgan fingerprint density at radius 2 is 2.11 bits per heavy atom. The van der Waals surface area contributed by atoms with Crippen LogP contribution in [0.1, 0.15) is 45.4 Å². The van der Waals surface area contributed by atoms with Gasteiger partial charge in [-0.25, -0.2) is 0 Å². The standard InChI is InChI=1S/C15H26N2O2/c1-11-6-7-16-12(10-11)15(18)17-8-9-19-14-5-3-2-4-13(14)17/h11-14,16H,2-10H2,1H3. The van der Waals surface area contributed by atoms with Crippen molar-refractivity contribution in [2.24, 2.45) is 5.92 Å². The van der Waals surface area contributed by atoms with Crippen LogP contribution in [0, 0.1) is 5.92 Å². The van der Waals surface area contributed by atoms with E-state index in [2.05, 4.69) is 17.1 Å². The highest BCUT2D eigenvalue weighted by molar-refractivity contribution is 5.82. The summed E-state index contributed by atoms with van der Waals surface area (Å²) in [6.45, 7) is 4.74. The Bertz CT molecular complexity index is 332. The van der Waals surface area contributed by atoms with E-state index in [1.165, 1.54) is 19.3 Å². The molecule has 0 spiro atoms. The lowest BCUT2D eigenvalue weighted by atomic mass is 9.88. The molecule has 0 radical (unpaired) electrons. The van der Waals surface area contributed by atoms with Gasteiger partial charge < -0.3 is 15.0 Å². The molecule has 0 aromatic carbocycles. The maximum Gasteiger partial charge on any atom is 0.240 e. The second-order valence-corrected chi connectivity index (χ2v) is 6.43. The Labute approximate surface area is 115 Å². The van der Waals surface area contributed by atoms with E-state index in [0.29, 0.717) is 24.0 Å². The van der Waals surface area contributed by atoms with Crippen LogP contribution in [-0.2, 0) is 9.53 Å². The molecule has 1 aliphatic carbocycles. The molecule has 4 nitrogen and oxygen atoms in total. The lowest BCUT2D eigenvalue weighted by molar-refractivity contribution is -0.152. The fourth-order valence-electron chi connectivity index (χ4n) is 3.87. The molecule has 0 aromatic heterocycles. The fourth-order valence-corrected chi connectivity index (χ4v) is 3.87. The number of amides is 1. The Balaban J connectivity index is 1.67.